The highest BCUT2D eigenvalue weighted by Crippen LogP contribution is 2.19. The van der Waals surface area contributed by atoms with Gasteiger partial charge in [0.25, 0.3) is 5.91 Å². The molecule has 6 heteroatoms. The predicted octanol–water partition coefficient (Wildman–Crippen LogP) is 3.15. The fourth-order valence-corrected chi connectivity index (χ4v) is 2.66. The Hall–Kier alpha value is -2.37. The SMILES string of the molecule is CN(Cl)CCCNC(=O)c1ccc2oc3ccccc3c(=O)c2c1. The summed E-state index contributed by atoms with van der Waals surface area (Å²) in [6, 6.07) is 12.0. The van der Waals surface area contributed by atoms with Gasteiger partial charge in [-0.3, -0.25) is 9.59 Å². The second kappa shape index (κ2) is 7.03. The molecule has 24 heavy (non-hydrogen) atoms. The summed E-state index contributed by atoms with van der Waals surface area (Å²) in [5.41, 5.74) is 1.31. The van der Waals surface area contributed by atoms with Gasteiger partial charge in [-0.05, 0) is 48.5 Å². The quantitative estimate of drug-likeness (QED) is 0.439. The van der Waals surface area contributed by atoms with Gasteiger partial charge in [0.15, 0.2) is 0 Å². The third kappa shape index (κ3) is 3.42. The summed E-state index contributed by atoms with van der Waals surface area (Å²) in [5.74, 6) is -0.221. The van der Waals surface area contributed by atoms with Crippen LogP contribution < -0.4 is 10.7 Å². The maximum absolute atomic E-state index is 12.6. The van der Waals surface area contributed by atoms with Gasteiger partial charge in [0, 0.05) is 25.7 Å². The molecule has 0 unspecified atom stereocenters. The molecule has 0 spiro atoms. The Bertz CT molecular complexity index is 950. The van der Waals surface area contributed by atoms with E-state index < -0.39 is 0 Å². The number of benzene rings is 2. The molecular formula is C18H17ClN2O3. The molecule has 0 aliphatic heterocycles. The zero-order valence-corrected chi connectivity index (χ0v) is 14.0. The van der Waals surface area contributed by atoms with Crippen LogP contribution in [0.15, 0.2) is 51.7 Å². The first-order valence-corrected chi connectivity index (χ1v) is 8.01. The van der Waals surface area contributed by atoms with Gasteiger partial charge in [-0.15, -0.1) is 0 Å². The van der Waals surface area contributed by atoms with Crippen molar-refractivity contribution in [2.75, 3.05) is 20.1 Å². The van der Waals surface area contributed by atoms with Crippen molar-refractivity contribution in [3.05, 3.63) is 58.3 Å². The maximum Gasteiger partial charge on any atom is 0.251 e. The van der Waals surface area contributed by atoms with Gasteiger partial charge in [0.1, 0.15) is 11.2 Å². The van der Waals surface area contributed by atoms with Crippen molar-refractivity contribution in [2.24, 2.45) is 0 Å². The van der Waals surface area contributed by atoms with Crippen LogP contribution in [0.25, 0.3) is 21.9 Å². The summed E-state index contributed by atoms with van der Waals surface area (Å²) in [6.45, 7) is 1.19. The van der Waals surface area contributed by atoms with E-state index in [1.807, 2.05) is 6.07 Å². The fraction of sp³-hybridized carbons (Fsp3) is 0.222. The first kappa shape index (κ1) is 16.5. The lowest BCUT2D eigenvalue weighted by Crippen LogP contribution is -2.26. The Balaban J connectivity index is 1.88. The van der Waals surface area contributed by atoms with Gasteiger partial charge < -0.3 is 9.73 Å². The minimum absolute atomic E-state index is 0.134. The standard InChI is InChI=1S/C18H17ClN2O3/c1-21(19)10-4-9-20-18(23)12-7-8-16-14(11-12)17(22)13-5-2-3-6-15(13)24-16/h2-3,5-8,11H,4,9-10H2,1H3,(H,20,23). The number of halogens is 1. The van der Waals surface area contributed by atoms with Crippen molar-refractivity contribution in [1.82, 2.24) is 9.74 Å². The zero-order valence-electron chi connectivity index (χ0n) is 13.2. The normalized spacial score (nSPS) is 11.3. The van der Waals surface area contributed by atoms with E-state index in [1.54, 1.807) is 47.9 Å². The molecule has 3 aromatic rings. The summed E-state index contributed by atoms with van der Waals surface area (Å²) in [6.07, 6.45) is 0.742. The third-order valence-electron chi connectivity index (χ3n) is 3.77. The minimum Gasteiger partial charge on any atom is -0.456 e. The third-order valence-corrected chi connectivity index (χ3v) is 3.94. The van der Waals surface area contributed by atoms with E-state index in [1.165, 1.54) is 0 Å². The van der Waals surface area contributed by atoms with Crippen molar-refractivity contribution < 1.29 is 9.21 Å². The molecule has 1 N–H and O–H groups in total. The minimum atomic E-state index is -0.221. The van der Waals surface area contributed by atoms with E-state index in [9.17, 15) is 9.59 Å². The summed E-state index contributed by atoms with van der Waals surface area (Å²) < 4.78 is 7.27. The average Bonchev–Trinajstić information content (AvgIpc) is 2.58. The molecule has 0 saturated carbocycles. The van der Waals surface area contributed by atoms with Gasteiger partial charge in [0.2, 0.25) is 5.43 Å². The molecule has 0 atom stereocenters. The lowest BCUT2D eigenvalue weighted by atomic mass is 10.1. The topological polar surface area (TPSA) is 62.6 Å². The van der Waals surface area contributed by atoms with E-state index in [2.05, 4.69) is 5.32 Å². The molecule has 0 radical (unpaired) electrons. The molecule has 1 heterocycles. The molecule has 0 fully saturated rings. The summed E-state index contributed by atoms with van der Waals surface area (Å²) >= 11 is 5.72. The van der Waals surface area contributed by atoms with Gasteiger partial charge in [-0.1, -0.05) is 12.1 Å². The molecule has 1 aromatic heterocycles. The first-order chi connectivity index (χ1) is 11.6. The van der Waals surface area contributed by atoms with Crippen molar-refractivity contribution in [1.29, 1.82) is 0 Å². The van der Waals surface area contributed by atoms with E-state index in [4.69, 9.17) is 16.2 Å². The second-order valence-electron chi connectivity index (χ2n) is 5.58. The largest absolute Gasteiger partial charge is 0.456 e. The maximum atomic E-state index is 12.6. The number of rotatable bonds is 5. The number of nitrogens with zero attached hydrogens (tertiary/aromatic N) is 1. The van der Waals surface area contributed by atoms with Crippen molar-refractivity contribution >= 4 is 39.6 Å². The Morgan fingerprint density at radius 2 is 1.92 bits per heavy atom. The molecule has 1 amide bonds. The van der Waals surface area contributed by atoms with E-state index in [0.717, 1.165) is 6.42 Å². The fourth-order valence-electron chi connectivity index (χ4n) is 2.55. The van der Waals surface area contributed by atoms with Crippen molar-refractivity contribution in [3.63, 3.8) is 0 Å². The average molecular weight is 345 g/mol. The molecule has 0 saturated heterocycles. The number of carbonyl (C=O) groups excluding carboxylic acids is 1. The van der Waals surface area contributed by atoms with Crippen molar-refractivity contribution in [2.45, 2.75) is 6.42 Å². The van der Waals surface area contributed by atoms with Crippen LogP contribution in [-0.4, -0.2) is 30.5 Å². The molecule has 2 aromatic carbocycles. The summed E-state index contributed by atoms with van der Waals surface area (Å²) in [4.78, 5) is 24.8. The number of hydrogen-bond acceptors (Lipinski definition) is 4. The number of para-hydroxylation sites is 1. The first-order valence-electron chi connectivity index (χ1n) is 7.67. The molecule has 5 nitrogen and oxygen atoms in total. The van der Waals surface area contributed by atoms with E-state index in [-0.39, 0.29) is 11.3 Å². The Kier molecular flexibility index (Phi) is 4.83. The van der Waals surface area contributed by atoms with Crippen LogP contribution in [0.2, 0.25) is 0 Å². The summed E-state index contributed by atoms with van der Waals surface area (Å²) in [7, 11) is 1.76. The molecule has 0 aliphatic rings. The van der Waals surface area contributed by atoms with Gasteiger partial charge in [-0.2, -0.15) is 0 Å². The van der Waals surface area contributed by atoms with Gasteiger partial charge in [0.05, 0.1) is 10.8 Å². The second-order valence-corrected chi connectivity index (χ2v) is 6.15. The van der Waals surface area contributed by atoms with Gasteiger partial charge in [-0.25, -0.2) is 4.42 Å². The molecule has 124 valence electrons. The van der Waals surface area contributed by atoms with Crippen LogP contribution in [0.3, 0.4) is 0 Å². The van der Waals surface area contributed by atoms with Crippen LogP contribution in [0.4, 0.5) is 0 Å². The molecule has 3 rings (SSSR count). The zero-order chi connectivity index (χ0) is 17.1. The molecule has 0 bridgehead atoms. The van der Waals surface area contributed by atoms with E-state index in [0.29, 0.717) is 40.6 Å². The lowest BCUT2D eigenvalue weighted by molar-refractivity contribution is 0.0953. The Morgan fingerprint density at radius 1 is 1.17 bits per heavy atom. The number of amides is 1. The predicted molar refractivity (Wildman–Crippen MR) is 95.4 cm³/mol. The number of hydrogen-bond donors (Lipinski definition) is 1. The van der Waals surface area contributed by atoms with Gasteiger partial charge >= 0.3 is 0 Å². The molecule has 0 aliphatic carbocycles. The van der Waals surface area contributed by atoms with Crippen molar-refractivity contribution in [3.8, 4) is 0 Å². The highest BCUT2D eigenvalue weighted by Gasteiger charge is 2.11. The van der Waals surface area contributed by atoms with Crippen LogP contribution in [0, 0.1) is 0 Å². The molecular weight excluding hydrogens is 328 g/mol. The Labute approximate surface area is 143 Å². The van der Waals surface area contributed by atoms with Crippen LogP contribution in [0.5, 0.6) is 0 Å². The highest BCUT2D eigenvalue weighted by atomic mass is 35.5. The Morgan fingerprint density at radius 3 is 2.71 bits per heavy atom. The van der Waals surface area contributed by atoms with Crippen LogP contribution in [-0.2, 0) is 0 Å². The van der Waals surface area contributed by atoms with Crippen LogP contribution in [0.1, 0.15) is 16.8 Å². The number of fused-ring (bicyclic) bond motifs is 2. The van der Waals surface area contributed by atoms with E-state index >= 15 is 0 Å². The van der Waals surface area contributed by atoms with Crippen LogP contribution >= 0.6 is 11.8 Å². The monoisotopic (exact) mass is 344 g/mol. The lowest BCUT2D eigenvalue weighted by Gasteiger charge is -2.08. The smallest absolute Gasteiger partial charge is 0.251 e. The summed E-state index contributed by atoms with van der Waals surface area (Å²) in [5, 5.41) is 3.73. The number of carbonyl (C=O) groups is 1. The highest BCUT2D eigenvalue weighted by molar-refractivity contribution is 6.13. The number of nitrogens with one attached hydrogen (secondary N) is 1.